The summed E-state index contributed by atoms with van der Waals surface area (Å²) < 4.78 is 0. The molecule has 0 fully saturated rings. The first-order valence-corrected chi connectivity index (χ1v) is 20.8. The highest BCUT2D eigenvalue weighted by molar-refractivity contribution is 6.75. The minimum atomic E-state index is 1.29. The van der Waals surface area contributed by atoms with Crippen LogP contribution in [0.15, 0.2) is 24.3 Å². The minimum absolute atomic E-state index is 1.29. The SMILES string of the molecule is Bc1c(B)c(B)c(-c2c3c(B)c(B)c(B)c(B)c3c(-c3ccc(-c4c(B)c(B)c(B)c5c(B)c(B)c(B)c(B)c45)cc3)c3c(B)c(B)c(B)c(B)c23)c(B)c1B. The van der Waals surface area contributed by atoms with Gasteiger partial charge in [0.05, 0.1) is 0 Å². The van der Waals surface area contributed by atoms with E-state index in [1.54, 1.807) is 0 Å². The van der Waals surface area contributed by atoms with Crippen LogP contribution in [0.5, 0.6) is 0 Å². The van der Waals surface area contributed by atoms with E-state index in [1.165, 1.54) is 175 Å². The van der Waals surface area contributed by atoms with Gasteiger partial charge in [-0.3, -0.25) is 0 Å². The Balaban J connectivity index is 1.70. The first-order valence-electron chi connectivity index (χ1n) is 20.8. The van der Waals surface area contributed by atoms with Crippen molar-refractivity contribution in [1.82, 2.24) is 0 Å². The molecule has 0 N–H and O–H groups in total. The monoisotopic (exact) mass is 697 g/mol. The average Bonchev–Trinajstić information content (AvgIpc) is 3.18. The number of fused-ring (bicyclic) bond motifs is 3. The maximum Gasteiger partial charge on any atom is 0.139 e. The highest BCUT2D eigenvalue weighted by Crippen LogP contribution is 2.40. The summed E-state index contributed by atoms with van der Waals surface area (Å²) in [5, 5.41) is 8.51. The lowest BCUT2D eigenvalue weighted by molar-refractivity contribution is 1.68. The molecule has 0 heterocycles. The van der Waals surface area contributed by atoms with Crippen molar-refractivity contribution < 1.29 is 0 Å². The van der Waals surface area contributed by atoms with E-state index >= 15 is 0 Å². The second kappa shape index (κ2) is 14.2. The van der Waals surface area contributed by atoms with E-state index in [2.05, 4.69) is 181 Å². The summed E-state index contributed by atoms with van der Waals surface area (Å²) in [6.45, 7) is 0. The molecule has 248 valence electrons. The van der Waals surface area contributed by atoms with Crippen LogP contribution in [0.3, 0.4) is 0 Å². The lowest BCUT2D eigenvalue weighted by Crippen LogP contribution is -2.55. The quantitative estimate of drug-likeness (QED) is 0.128. The Hall–Kier alpha value is -3.38. The summed E-state index contributed by atoms with van der Waals surface area (Å²) in [6.07, 6.45) is 0. The second-order valence-electron chi connectivity index (χ2n) is 17.8. The maximum absolute atomic E-state index is 2.44. The highest BCUT2D eigenvalue weighted by atomic mass is 14.3. The molecule has 7 rings (SSSR count). The van der Waals surface area contributed by atoms with Gasteiger partial charge in [-0.2, -0.15) is 0 Å². The standard InChI is InChI=1S/C36H44B20/c37-17-8(12-16(25(45)27(17)47)26(46)33(53)30(50)20(12)40)6-3-1-5(2-4-6)7-10-13(21(41)31(51)28(48)18(10)38)9(14-11(7)19(39)29(49)32(52)22(14)42)15-23(43)34(54)36(56)35(55)24(15)44/h1-4H,37-56H2. The van der Waals surface area contributed by atoms with E-state index in [9.17, 15) is 0 Å². The van der Waals surface area contributed by atoms with Crippen LogP contribution in [0.25, 0.3) is 65.7 Å². The molecule has 7 aromatic rings. The molecular formula is C36H44B20. The van der Waals surface area contributed by atoms with E-state index < -0.39 is 0 Å². The van der Waals surface area contributed by atoms with Gasteiger partial charge in [0.2, 0.25) is 0 Å². The van der Waals surface area contributed by atoms with Crippen LogP contribution in [-0.2, 0) is 0 Å². The molecule has 20 heteroatoms. The smallest absolute Gasteiger partial charge is 0.102 e. The van der Waals surface area contributed by atoms with Crippen molar-refractivity contribution in [3.8, 4) is 33.4 Å². The van der Waals surface area contributed by atoms with Gasteiger partial charge in [-0.15, -0.1) is 54.6 Å². The van der Waals surface area contributed by atoms with Gasteiger partial charge in [-0.25, -0.2) is 0 Å². The Labute approximate surface area is 354 Å². The average molecular weight is 693 g/mol. The number of rotatable bonds is 3. The van der Waals surface area contributed by atoms with Crippen molar-refractivity contribution in [3.63, 3.8) is 0 Å². The number of hydrogen-bond acceptors (Lipinski definition) is 0. The molecule has 0 saturated heterocycles. The molecule has 0 amide bonds. The topological polar surface area (TPSA) is 0 Å². The third kappa shape index (κ3) is 5.49. The van der Waals surface area contributed by atoms with Gasteiger partial charge in [-0.1, -0.05) is 78.9 Å². The van der Waals surface area contributed by atoms with Crippen molar-refractivity contribution >= 4 is 298 Å². The first kappa shape index (κ1) is 40.8. The lowest BCUT2D eigenvalue weighted by atomic mass is 9.56. The highest BCUT2D eigenvalue weighted by Gasteiger charge is 2.27. The van der Waals surface area contributed by atoms with E-state index in [4.69, 9.17) is 0 Å². The van der Waals surface area contributed by atoms with Crippen molar-refractivity contribution in [3.05, 3.63) is 24.3 Å². The molecule has 0 spiro atoms. The normalized spacial score (nSPS) is 11.6. The van der Waals surface area contributed by atoms with Crippen molar-refractivity contribution in [2.24, 2.45) is 0 Å². The van der Waals surface area contributed by atoms with E-state index in [1.807, 2.05) is 0 Å². The van der Waals surface area contributed by atoms with Crippen LogP contribution < -0.4 is 109 Å². The summed E-state index contributed by atoms with van der Waals surface area (Å²) in [6, 6.07) is 9.73. The molecule has 0 radical (unpaired) electrons. The fraction of sp³-hybridized carbons (Fsp3) is 0. The Morgan fingerprint density at radius 1 is 0.161 bits per heavy atom. The second-order valence-corrected chi connectivity index (χ2v) is 17.8. The molecule has 7 aromatic carbocycles. The molecular weight excluding hydrogens is 649 g/mol. The van der Waals surface area contributed by atoms with Gasteiger partial charge in [0.15, 0.2) is 0 Å². The van der Waals surface area contributed by atoms with E-state index in [0.717, 1.165) is 0 Å². The van der Waals surface area contributed by atoms with Gasteiger partial charge in [0.25, 0.3) is 0 Å². The minimum Gasteiger partial charge on any atom is -0.102 e. The molecule has 0 aliphatic heterocycles. The number of hydrogen-bond donors (Lipinski definition) is 0. The Morgan fingerprint density at radius 2 is 0.357 bits per heavy atom. The summed E-state index contributed by atoms with van der Waals surface area (Å²) in [4.78, 5) is 0. The van der Waals surface area contributed by atoms with Crippen LogP contribution >= 0.6 is 0 Å². The van der Waals surface area contributed by atoms with Crippen LogP contribution in [0.2, 0.25) is 0 Å². The molecule has 0 saturated carbocycles. The fourth-order valence-electron chi connectivity index (χ4n) is 10.6. The van der Waals surface area contributed by atoms with Crippen LogP contribution in [0.1, 0.15) is 0 Å². The zero-order valence-corrected chi connectivity index (χ0v) is 38.3. The Kier molecular flexibility index (Phi) is 10.3. The molecule has 0 nitrogen and oxygen atoms in total. The van der Waals surface area contributed by atoms with Gasteiger partial charge in [0.1, 0.15) is 157 Å². The Morgan fingerprint density at radius 3 is 0.696 bits per heavy atom. The largest absolute Gasteiger partial charge is 0.139 e. The van der Waals surface area contributed by atoms with E-state index in [-0.39, 0.29) is 0 Å². The van der Waals surface area contributed by atoms with Gasteiger partial charge >= 0.3 is 0 Å². The third-order valence-corrected chi connectivity index (χ3v) is 15.9. The van der Waals surface area contributed by atoms with Crippen molar-refractivity contribution in [2.45, 2.75) is 0 Å². The first-order chi connectivity index (χ1) is 26.2. The maximum atomic E-state index is 2.44. The van der Waals surface area contributed by atoms with Crippen molar-refractivity contribution in [1.29, 1.82) is 0 Å². The fourth-order valence-corrected chi connectivity index (χ4v) is 10.6. The van der Waals surface area contributed by atoms with Gasteiger partial charge in [0, 0.05) is 0 Å². The number of benzene rings is 7. The summed E-state index contributed by atoms with van der Waals surface area (Å²) in [5.74, 6) is 0. The van der Waals surface area contributed by atoms with Crippen LogP contribution in [0.4, 0.5) is 0 Å². The molecule has 56 heavy (non-hydrogen) atoms. The third-order valence-electron chi connectivity index (χ3n) is 15.9. The van der Waals surface area contributed by atoms with E-state index in [0.29, 0.717) is 0 Å². The summed E-state index contributed by atoms with van der Waals surface area (Å²) in [7, 11) is 46.8. The predicted molar refractivity (Wildman–Crippen MR) is 319 cm³/mol. The lowest BCUT2D eigenvalue weighted by Gasteiger charge is -2.30. The predicted octanol–water partition coefficient (Wildman–Crippen LogP) is -24.7. The van der Waals surface area contributed by atoms with Gasteiger partial charge in [-0.05, 0) is 65.7 Å². The molecule has 0 unspecified atom stereocenters. The molecule has 0 aliphatic rings. The summed E-state index contributed by atoms with van der Waals surface area (Å²) >= 11 is 0. The molecule has 0 aliphatic carbocycles. The van der Waals surface area contributed by atoms with Crippen molar-refractivity contribution in [2.75, 3.05) is 0 Å². The van der Waals surface area contributed by atoms with Gasteiger partial charge < -0.3 is 0 Å². The molecule has 0 atom stereocenters. The zero-order valence-electron chi connectivity index (χ0n) is 38.3. The Bertz CT molecular complexity index is 2830. The molecule has 0 aromatic heterocycles. The zero-order chi connectivity index (χ0) is 41.3. The summed E-state index contributed by atoms with van der Waals surface area (Å²) in [5.41, 5.74) is 36.3. The van der Waals surface area contributed by atoms with Crippen LogP contribution in [0, 0.1) is 0 Å². The molecule has 0 bridgehead atoms. The van der Waals surface area contributed by atoms with Crippen LogP contribution in [-0.4, -0.2) is 157 Å².